The highest BCUT2D eigenvalue weighted by molar-refractivity contribution is 9.11. The molecule has 5 nitrogen and oxygen atoms in total. The summed E-state index contributed by atoms with van der Waals surface area (Å²) in [5.41, 5.74) is 0.405. The van der Waals surface area contributed by atoms with Gasteiger partial charge in [-0.2, -0.15) is 0 Å². The highest BCUT2D eigenvalue weighted by Gasteiger charge is 2.14. The van der Waals surface area contributed by atoms with Crippen molar-refractivity contribution in [1.29, 1.82) is 0 Å². The molecule has 0 saturated carbocycles. The number of carbonyl (C=O) groups excluding carboxylic acids is 1. The number of nitrogens with zero attached hydrogens (tertiary/aromatic N) is 3. The standard InChI is InChI=1S/C15H14BrN3O2S/c16-15-5-4-14(22-15)13-9-11(18-21-13)12(20)3-1-2-7-19-8-6-17-10-19/h4-6,8-10H,1-3,7H2. The maximum Gasteiger partial charge on any atom is 0.184 e. The van der Waals surface area contributed by atoms with Crippen LogP contribution in [0.3, 0.4) is 0 Å². The van der Waals surface area contributed by atoms with Gasteiger partial charge in [-0.3, -0.25) is 4.79 Å². The molecule has 0 radical (unpaired) electrons. The summed E-state index contributed by atoms with van der Waals surface area (Å²) in [5.74, 6) is 0.661. The Bertz CT molecular complexity index is 749. The molecule has 0 aliphatic heterocycles. The number of halogens is 1. The summed E-state index contributed by atoms with van der Waals surface area (Å²) in [5, 5.41) is 3.88. The predicted molar refractivity (Wildman–Crippen MR) is 87.9 cm³/mol. The van der Waals surface area contributed by atoms with E-state index in [1.165, 1.54) is 0 Å². The Morgan fingerprint density at radius 1 is 1.36 bits per heavy atom. The first-order valence-electron chi connectivity index (χ1n) is 6.94. The van der Waals surface area contributed by atoms with Gasteiger partial charge in [0.25, 0.3) is 0 Å². The number of thiophene rings is 1. The highest BCUT2D eigenvalue weighted by Crippen LogP contribution is 2.31. The number of carbonyl (C=O) groups is 1. The van der Waals surface area contributed by atoms with E-state index in [1.54, 1.807) is 29.9 Å². The van der Waals surface area contributed by atoms with Crippen molar-refractivity contribution in [1.82, 2.24) is 14.7 Å². The number of rotatable bonds is 7. The normalized spacial score (nSPS) is 11.0. The van der Waals surface area contributed by atoms with Crippen LogP contribution in [0.1, 0.15) is 29.8 Å². The minimum atomic E-state index is 0.0243. The molecule has 0 N–H and O–H groups in total. The van der Waals surface area contributed by atoms with Crippen LogP contribution < -0.4 is 0 Å². The van der Waals surface area contributed by atoms with E-state index in [0.717, 1.165) is 28.0 Å². The fourth-order valence-electron chi connectivity index (χ4n) is 2.10. The number of unbranched alkanes of at least 4 members (excludes halogenated alkanes) is 1. The Labute approximate surface area is 140 Å². The minimum Gasteiger partial charge on any atom is -0.355 e. The van der Waals surface area contributed by atoms with Crippen LogP contribution in [0.4, 0.5) is 0 Å². The van der Waals surface area contributed by atoms with Gasteiger partial charge in [0.05, 0.1) is 15.0 Å². The summed E-state index contributed by atoms with van der Waals surface area (Å²) >= 11 is 4.96. The molecule has 3 aromatic heterocycles. The second-order valence-corrected chi connectivity index (χ2v) is 7.32. The Morgan fingerprint density at radius 3 is 3.00 bits per heavy atom. The fraction of sp³-hybridized carbons (Fsp3) is 0.267. The van der Waals surface area contributed by atoms with Crippen molar-refractivity contribution >= 4 is 33.0 Å². The number of imidazole rings is 1. The quantitative estimate of drug-likeness (QED) is 0.450. The maximum atomic E-state index is 12.1. The van der Waals surface area contributed by atoms with Crippen LogP contribution in [0.5, 0.6) is 0 Å². The van der Waals surface area contributed by atoms with Gasteiger partial charge in [-0.15, -0.1) is 11.3 Å². The van der Waals surface area contributed by atoms with Crippen molar-refractivity contribution in [3.63, 3.8) is 0 Å². The zero-order valence-electron chi connectivity index (χ0n) is 11.7. The van der Waals surface area contributed by atoms with Crippen LogP contribution >= 0.6 is 27.3 Å². The summed E-state index contributed by atoms with van der Waals surface area (Å²) in [4.78, 5) is 17.1. The molecule has 0 aliphatic rings. The molecule has 0 aromatic carbocycles. The molecule has 0 amide bonds. The minimum absolute atomic E-state index is 0.0243. The molecular formula is C15H14BrN3O2S. The Hall–Kier alpha value is -1.73. The molecule has 0 bridgehead atoms. The number of Topliss-reactive ketones (excluding diaryl/α,β-unsaturated/α-hetero) is 1. The van der Waals surface area contributed by atoms with Gasteiger partial charge >= 0.3 is 0 Å². The summed E-state index contributed by atoms with van der Waals surface area (Å²) in [6.45, 7) is 0.876. The predicted octanol–water partition coefficient (Wildman–Crippen LogP) is 4.42. The molecular weight excluding hydrogens is 366 g/mol. The van der Waals surface area contributed by atoms with Gasteiger partial charge in [0.1, 0.15) is 5.69 Å². The third-order valence-electron chi connectivity index (χ3n) is 3.24. The Balaban J connectivity index is 1.51. The van der Waals surface area contributed by atoms with Gasteiger partial charge in [0, 0.05) is 31.4 Å². The summed E-state index contributed by atoms with van der Waals surface area (Å²) in [6.07, 6.45) is 7.70. The number of ketones is 1. The van der Waals surface area contributed by atoms with E-state index in [1.807, 2.05) is 22.9 Å². The number of hydrogen-bond acceptors (Lipinski definition) is 5. The number of hydrogen-bond donors (Lipinski definition) is 0. The molecule has 22 heavy (non-hydrogen) atoms. The fourth-order valence-corrected chi connectivity index (χ4v) is 3.43. The first kappa shape index (κ1) is 15.2. The maximum absolute atomic E-state index is 12.1. The second-order valence-electron chi connectivity index (χ2n) is 4.86. The van der Waals surface area contributed by atoms with Crippen molar-refractivity contribution in [3.8, 4) is 10.6 Å². The monoisotopic (exact) mass is 379 g/mol. The van der Waals surface area contributed by atoms with Crippen LogP contribution in [-0.4, -0.2) is 20.5 Å². The van der Waals surface area contributed by atoms with E-state index in [0.29, 0.717) is 17.9 Å². The van der Waals surface area contributed by atoms with Crippen LogP contribution in [0.15, 0.2) is 45.2 Å². The average Bonchev–Trinajstić information content (AvgIpc) is 3.24. The molecule has 114 valence electrons. The molecule has 7 heteroatoms. The van der Waals surface area contributed by atoms with E-state index < -0.39 is 0 Å². The number of aromatic nitrogens is 3. The summed E-state index contributed by atoms with van der Waals surface area (Å²) in [6, 6.07) is 5.60. The first-order valence-corrected chi connectivity index (χ1v) is 8.55. The van der Waals surface area contributed by atoms with Crippen LogP contribution in [0, 0.1) is 0 Å². The largest absolute Gasteiger partial charge is 0.355 e. The van der Waals surface area contributed by atoms with Crippen LogP contribution in [0.25, 0.3) is 10.6 Å². The molecule has 0 fully saturated rings. The average molecular weight is 380 g/mol. The van der Waals surface area contributed by atoms with Crippen molar-refractivity contribution in [2.75, 3.05) is 0 Å². The van der Waals surface area contributed by atoms with E-state index in [9.17, 15) is 4.79 Å². The van der Waals surface area contributed by atoms with Crippen LogP contribution in [-0.2, 0) is 6.54 Å². The third-order valence-corrected chi connectivity index (χ3v) is 4.88. The van der Waals surface area contributed by atoms with Crippen molar-refractivity contribution in [2.45, 2.75) is 25.8 Å². The van der Waals surface area contributed by atoms with Crippen molar-refractivity contribution in [2.24, 2.45) is 0 Å². The van der Waals surface area contributed by atoms with Gasteiger partial charge in [-0.25, -0.2) is 4.98 Å². The molecule has 0 spiro atoms. The Kier molecular flexibility index (Phi) is 4.84. The van der Waals surface area contributed by atoms with Gasteiger partial charge in [0.15, 0.2) is 11.5 Å². The smallest absolute Gasteiger partial charge is 0.184 e. The lowest BCUT2D eigenvalue weighted by atomic mass is 10.1. The molecule has 0 saturated heterocycles. The zero-order chi connectivity index (χ0) is 15.4. The van der Waals surface area contributed by atoms with E-state index in [4.69, 9.17) is 4.52 Å². The van der Waals surface area contributed by atoms with E-state index in [2.05, 4.69) is 26.1 Å². The molecule has 3 rings (SSSR count). The van der Waals surface area contributed by atoms with Gasteiger partial charge in [-0.1, -0.05) is 5.16 Å². The second kappa shape index (κ2) is 7.02. The zero-order valence-corrected chi connectivity index (χ0v) is 14.1. The lowest BCUT2D eigenvalue weighted by Gasteiger charge is -2.00. The lowest BCUT2D eigenvalue weighted by Crippen LogP contribution is -2.01. The highest BCUT2D eigenvalue weighted by atomic mass is 79.9. The Morgan fingerprint density at radius 2 is 2.27 bits per heavy atom. The topological polar surface area (TPSA) is 60.9 Å². The van der Waals surface area contributed by atoms with Crippen molar-refractivity contribution < 1.29 is 9.32 Å². The van der Waals surface area contributed by atoms with E-state index in [-0.39, 0.29) is 5.78 Å². The third kappa shape index (κ3) is 3.72. The van der Waals surface area contributed by atoms with Gasteiger partial charge in [0.2, 0.25) is 0 Å². The number of aryl methyl sites for hydroxylation is 1. The van der Waals surface area contributed by atoms with Gasteiger partial charge < -0.3 is 9.09 Å². The van der Waals surface area contributed by atoms with E-state index >= 15 is 0 Å². The molecule has 3 aromatic rings. The SMILES string of the molecule is O=C(CCCCn1ccnc1)c1cc(-c2ccc(Br)s2)on1. The molecule has 0 aliphatic carbocycles. The summed E-state index contributed by atoms with van der Waals surface area (Å²) in [7, 11) is 0. The molecule has 0 atom stereocenters. The lowest BCUT2D eigenvalue weighted by molar-refractivity contribution is 0.0970. The van der Waals surface area contributed by atoms with Crippen molar-refractivity contribution in [3.05, 3.63) is 46.4 Å². The van der Waals surface area contributed by atoms with Gasteiger partial charge in [-0.05, 0) is 40.9 Å². The molecule has 3 heterocycles. The summed E-state index contributed by atoms with van der Waals surface area (Å²) < 4.78 is 8.28. The first-order chi connectivity index (χ1) is 10.7. The molecule has 0 unspecified atom stereocenters. The van der Waals surface area contributed by atoms with Crippen LogP contribution in [0.2, 0.25) is 0 Å².